The number of carbonyl (C=O) groups is 2. The van der Waals surface area contributed by atoms with Gasteiger partial charge in [-0.2, -0.15) is 5.10 Å². The number of aromatic nitrogens is 5. The van der Waals surface area contributed by atoms with Gasteiger partial charge < -0.3 is 10.6 Å². The third-order valence-electron chi connectivity index (χ3n) is 6.36. The van der Waals surface area contributed by atoms with Crippen molar-refractivity contribution in [1.29, 1.82) is 0 Å². The summed E-state index contributed by atoms with van der Waals surface area (Å²) in [5.41, 5.74) is 0.989. The Morgan fingerprint density at radius 2 is 1.97 bits per heavy atom. The molecule has 0 radical (unpaired) electrons. The Labute approximate surface area is 207 Å². The molecule has 36 heavy (non-hydrogen) atoms. The van der Waals surface area contributed by atoms with Gasteiger partial charge in [-0.25, -0.2) is 24.0 Å². The van der Waals surface area contributed by atoms with Crippen molar-refractivity contribution in [2.75, 3.05) is 11.9 Å². The average Bonchev–Trinajstić information content (AvgIpc) is 3.34. The molecule has 5 rings (SSSR count). The molecule has 0 atom stereocenters. The van der Waals surface area contributed by atoms with Crippen molar-refractivity contribution in [1.82, 2.24) is 30.0 Å². The highest BCUT2D eigenvalue weighted by Gasteiger charge is 2.44. The average molecular weight is 488 g/mol. The highest BCUT2D eigenvalue weighted by molar-refractivity contribution is 6.09. The first kappa shape index (κ1) is 23.5. The second-order valence-electron chi connectivity index (χ2n) is 9.28. The molecule has 3 aromatic heterocycles. The second kappa shape index (κ2) is 9.10. The van der Waals surface area contributed by atoms with Crippen LogP contribution in [-0.4, -0.2) is 43.1 Å². The van der Waals surface area contributed by atoms with Gasteiger partial charge in [-0.15, -0.1) is 0 Å². The molecule has 2 amide bonds. The Morgan fingerprint density at radius 1 is 1.17 bits per heavy atom. The molecule has 10 heteroatoms. The number of nitrogens with zero attached hydrogens (tertiary/aromatic N) is 5. The minimum atomic E-state index is -0.973. The van der Waals surface area contributed by atoms with E-state index in [4.69, 9.17) is 0 Å². The first-order valence-electron chi connectivity index (χ1n) is 11.9. The summed E-state index contributed by atoms with van der Waals surface area (Å²) in [5, 5.41) is 11.0. The van der Waals surface area contributed by atoms with Crippen LogP contribution in [0, 0.1) is 5.82 Å². The van der Waals surface area contributed by atoms with Gasteiger partial charge in [-0.05, 0) is 38.5 Å². The fourth-order valence-electron chi connectivity index (χ4n) is 4.33. The lowest BCUT2D eigenvalue weighted by Crippen LogP contribution is -2.32. The molecule has 1 aliphatic rings. The quantitative estimate of drug-likeness (QED) is 0.383. The summed E-state index contributed by atoms with van der Waals surface area (Å²) < 4.78 is 15.9. The number of pyridine rings is 1. The molecule has 1 aliphatic heterocycles. The maximum atomic E-state index is 14.4. The lowest BCUT2D eigenvalue weighted by atomic mass is 9.85. The van der Waals surface area contributed by atoms with Crippen molar-refractivity contribution in [3.63, 3.8) is 0 Å². The molecule has 0 bridgehead atoms. The molecule has 0 saturated heterocycles. The topological polar surface area (TPSA) is 115 Å². The van der Waals surface area contributed by atoms with Crippen LogP contribution in [0.5, 0.6) is 0 Å². The van der Waals surface area contributed by atoms with E-state index in [1.807, 2.05) is 13.0 Å². The van der Waals surface area contributed by atoms with Crippen molar-refractivity contribution >= 4 is 28.7 Å². The minimum absolute atomic E-state index is 0.134. The van der Waals surface area contributed by atoms with Gasteiger partial charge in [0.05, 0.1) is 17.3 Å². The van der Waals surface area contributed by atoms with Gasteiger partial charge in [0.1, 0.15) is 23.0 Å². The zero-order valence-corrected chi connectivity index (χ0v) is 20.3. The van der Waals surface area contributed by atoms with Gasteiger partial charge in [-0.1, -0.05) is 31.5 Å². The molecule has 1 aromatic carbocycles. The summed E-state index contributed by atoms with van der Waals surface area (Å²) >= 11 is 0. The maximum Gasteiger partial charge on any atom is 0.270 e. The largest absolute Gasteiger partial charge is 0.351 e. The molecular weight excluding hydrogens is 461 g/mol. The summed E-state index contributed by atoms with van der Waals surface area (Å²) in [6.07, 6.45) is 3.38. The predicted octanol–water partition coefficient (Wildman–Crippen LogP) is 3.84. The molecule has 184 valence electrons. The van der Waals surface area contributed by atoms with Crippen LogP contribution in [0.3, 0.4) is 0 Å². The fourth-order valence-corrected chi connectivity index (χ4v) is 4.33. The Morgan fingerprint density at radius 3 is 2.75 bits per heavy atom. The third kappa shape index (κ3) is 3.98. The summed E-state index contributed by atoms with van der Waals surface area (Å²) in [6, 6.07) is 10.1. The first-order valence-corrected chi connectivity index (χ1v) is 11.9. The van der Waals surface area contributed by atoms with Crippen LogP contribution in [0.25, 0.3) is 22.6 Å². The number of hydrogen-bond donors (Lipinski definition) is 2. The number of rotatable bonds is 7. The van der Waals surface area contributed by atoms with Crippen molar-refractivity contribution in [3.8, 4) is 11.5 Å². The number of carbonyl (C=O) groups excluding carboxylic acids is 2. The minimum Gasteiger partial charge on any atom is -0.351 e. The van der Waals surface area contributed by atoms with Crippen LogP contribution >= 0.6 is 0 Å². The SMILES string of the molecule is CCCCNC(=O)c1nc(-c2nn(Cc3ccccc3F)c3ncccc23)nc2c1C(C)(C)C(=O)N2. The summed E-state index contributed by atoms with van der Waals surface area (Å²) in [6.45, 7) is 6.16. The molecule has 0 unspecified atom stereocenters. The standard InChI is InChI=1S/C26H26FN7O2/c1-4-5-12-29-24(35)20-18-21(32-25(36)26(18,2)3)31-22(30-20)19-16-10-8-13-28-23(16)34(33-19)14-15-9-6-7-11-17(15)27/h6-11,13H,4-5,12,14H2,1-3H3,(H,29,35)(H,30,31,32,36). The van der Waals surface area contributed by atoms with Crippen molar-refractivity contribution in [3.05, 3.63) is 65.2 Å². The van der Waals surface area contributed by atoms with E-state index < -0.39 is 5.41 Å². The molecular formula is C26H26FN7O2. The number of hydrogen-bond acceptors (Lipinski definition) is 6. The number of benzene rings is 1. The number of anilines is 1. The van der Waals surface area contributed by atoms with Crippen LogP contribution in [0.1, 0.15) is 55.2 Å². The highest BCUT2D eigenvalue weighted by atomic mass is 19.1. The van der Waals surface area contributed by atoms with Crippen LogP contribution in [0.4, 0.5) is 10.2 Å². The molecule has 4 aromatic rings. The molecule has 0 fully saturated rings. The molecule has 4 heterocycles. The van der Waals surface area contributed by atoms with Gasteiger partial charge >= 0.3 is 0 Å². The lowest BCUT2D eigenvalue weighted by Gasteiger charge is -2.18. The number of unbranched alkanes of at least 4 members (excludes halogenated alkanes) is 1. The summed E-state index contributed by atoms with van der Waals surface area (Å²) in [7, 11) is 0. The monoisotopic (exact) mass is 487 g/mol. The van der Waals surface area contributed by atoms with Crippen LogP contribution in [-0.2, 0) is 16.8 Å². The number of fused-ring (bicyclic) bond motifs is 2. The zero-order valence-electron chi connectivity index (χ0n) is 20.3. The van der Waals surface area contributed by atoms with Gasteiger partial charge in [0, 0.05) is 23.9 Å². The van der Waals surface area contributed by atoms with Crippen molar-refractivity contribution in [2.45, 2.75) is 45.6 Å². The van der Waals surface area contributed by atoms with Gasteiger partial charge in [0.2, 0.25) is 5.91 Å². The number of amides is 2. The van der Waals surface area contributed by atoms with Gasteiger partial charge in [0.15, 0.2) is 11.5 Å². The molecule has 2 N–H and O–H groups in total. The summed E-state index contributed by atoms with van der Waals surface area (Å²) in [5.74, 6) is -0.512. The van der Waals surface area contributed by atoms with E-state index in [9.17, 15) is 14.0 Å². The Bertz CT molecular complexity index is 1500. The van der Waals surface area contributed by atoms with Crippen molar-refractivity contribution in [2.24, 2.45) is 0 Å². The van der Waals surface area contributed by atoms with E-state index in [0.29, 0.717) is 34.4 Å². The smallest absolute Gasteiger partial charge is 0.270 e. The van der Waals surface area contributed by atoms with E-state index >= 15 is 0 Å². The Hall–Kier alpha value is -4.21. The van der Waals surface area contributed by atoms with Crippen LogP contribution in [0.2, 0.25) is 0 Å². The van der Waals surface area contributed by atoms with Crippen LogP contribution < -0.4 is 10.6 Å². The van der Waals surface area contributed by atoms with E-state index in [1.54, 1.807) is 49.0 Å². The zero-order chi connectivity index (χ0) is 25.4. The molecule has 0 aliphatic carbocycles. The first-order chi connectivity index (χ1) is 17.3. The van der Waals surface area contributed by atoms with Crippen LogP contribution in [0.15, 0.2) is 42.6 Å². The van der Waals surface area contributed by atoms with E-state index in [2.05, 4.69) is 30.7 Å². The molecule has 9 nitrogen and oxygen atoms in total. The molecule has 0 saturated carbocycles. The highest BCUT2D eigenvalue weighted by Crippen LogP contribution is 2.39. The van der Waals surface area contributed by atoms with E-state index in [0.717, 1.165) is 12.8 Å². The van der Waals surface area contributed by atoms with Gasteiger partial charge in [-0.3, -0.25) is 9.59 Å². The third-order valence-corrected chi connectivity index (χ3v) is 6.36. The number of halogens is 1. The maximum absolute atomic E-state index is 14.4. The van der Waals surface area contributed by atoms with Crippen molar-refractivity contribution < 1.29 is 14.0 Å². The number of nitrogens with one attached hydrogen (secondary N) is 2. The van der Waals surface area contributed by atoms with Gasteiger partial charge in [0.25, 0.3) is 5.91 Å². The molecule has 0 spiro atoms. The Balaban J connectivity index is 1.65. The van der Waals surface area contributed by atoms with E-state index in [1.165, 1.54) is 6.07 Å². The predicted molar refractivity (Wildman–Crippen MR) is 133 cm³/mol. The normalized spacial score (nSPS) is 14.1. The van der Waals surface area contributed by atoms with E-state index in [-0.39, 0.29) is 41.5 Å². The second-order valence-corrected chi connectivity index (χ2v) is 9.28. The Kier molecular flexibility index (Phi) is 5.95. The lowest BCUT2D eigenvalue weighted by molar-refractivity contribution is -0.119. The summed E-state index contributed by atoms with van der Waals surface area (Å²) in [4.78, 5) is 39.6. The fraction of sp³-hybridized carbons (Fsp3) is 0.308.